The summed E-state index contributed by atoms with van der Waals surface area (Å²) in [4.78, 5) is 237. The number of carboxylic acids is 1. The molecule has 3 rings (SSSR count). The molecular formula is C75H119N27O18S. The number of rotatable bonds is 59. The van der Waals surface area contributed by atoms with Gasteiger partial charge in [-0.1, -0.05) is 62.4 Å². The van der Waals surface area contributed by atoms with Gasteiger partial charge in [-0.25, -0.2) is 0 Å². The van der Waals surface area contributed by atoms with Gasteiger partial charge in [-0.2, -0.15) is 11.8 Å². The average molecular weight is 1720 g/mol. The summed E-state index contributed by atoms with van der Waals surface area (Å²) in [6.45, 7) is 4.34. The van der Waals surface area contributed by atoms with Crippen LogP contribution in [0.2, 0.25) is 0 Å². The first-order chi connectivity index (χ1) is 57.2. The molecule has 6 unspecified atom stereocenters. The zero-order chi connectivity index (χ0) is 90.4. The van der Waals surface area contributed by atoms with E-state index in [1.807, 2.05) is 0 Å². The second-order valence-corrected chi connectivity index (χ2v) is 29.9. The molecule has 0 spiro atoms. The van der Waals surface area contributed by atoms with E-state index < -0.39 is 242 Å². The molecule has 0 bridgehead atoms. The predicted octanol–water partition coefficient (Wildman–Crippen LogP) is -7.12. The Morgan fingerprint density at radius 1 is 0.405 bits per heavy atom. The van der Waals surface area contributed by atoms with Crippen molar-refractivity contribution in [3.05, 3.63) is 71.9 Å². The minimum Gasteiger partial charge on any atom is -0.481 e. The van der Waals surface area contributed by atoms with Crippen LogP contribution in [0.3, 0.4) is 0 Å². The summed E-state index contributed by atoms with van der Waals surface area (Å²) >= 11 is 1.22. The van der Waals surface area contributed by atoms with Crippen LogP contribution >= 0.6 is 11.8 Å². The Morgan fingerprint density at radius 2 is 0.769 bits per heavy atom. The summed E-state index contributed by atoms with van der Waals surface area (Å²) in [6.07, 6.45) is -1.53. The summed E-state index contributed by atoms with van der Waals surface area (Å²) in [5, 5.41) is 70.9. The van der Waals surface area contributed by atoms with E-state index in [1.54, 1.807) is 80.9 Å². The summed E-state index contributed by atoms with van der Waals surface area (Å²) < 4.78 is 0. The number of aromatic amines is 1. The highest BCUT2D eigenvalue weighted by atomic mass is 32.2. The molecule has 16 amide bonds. The quantitative estimate of drug-likeness (QED) is 0.0142. The Kier molecular flexibility index (Phi) is 45.8. The summed E-state index contributed by atoms with van der Waals surface area (Å²) in [6, 6.07) is -3.59. The molecule has 1 aromatic heterocycles. The number of hydrogen-bond donors (Lipinski definition) is 28. The van der Waals surface area contributed by atoms with Crippen LogP contribution in [-0.4, -0.2) is 239 Å². The lowest BCUT2D eigenvalue weighted by Gasteiger charge is -2.29. The van der Waals surface area contributed by atoms with Crippen molar-refractivity contribution >= 4 is 141 Å². The molecule has 0 radical (unpaired) electrons. The number of nitrogens with two attached hydrogens (primary N) is 8. The number of benzene rings is 2. The highest BCUT2D eigenvalue weighted by Gasteiger charge is 2.39. The third-order valence-electron chi connectivity index (χ3n) is 18.6. The van der Waals surface area contributed by atoms with Gasteiger partial charge >= 0.3 is 5.97 Å². The van der Waals surface area contributed by atoms with Crippen LogP contribution < -0.4 is 126 Å². The lowest BCUT2D eigenvalue weighted by atomic mass is 10.00. The summed E-state index contributed by atoms with van der Waals surface area (Å²) in [7, 11) is 0. The van der Waals surface area contributed by atoms with Crippen LogP contribution in [-0.2, 0) is 94.3 Å². The smallest absolute Gasteiger partial charge is 0.303 e. The molecule has 12 atom stereocenters. The number of hydrogen-bond acceptors (Lipinski definition) is 22. The van der Waals surface area contributed by atoms with E-state index in [0.717, 1.165) is 0 Å². The number of nitrogens with one attached hydrogen (secondary N) is 19. The van der Waals surface area contributed by atoms with Gasteiger partial charge in [0.15, 0.2) is 17.9 Å². The lowest BCUT2D eigenvalue weighted by molar-refractivity contribution is -0.138. The van der Waals surface area contributed by atoms with Gasteiger partial charge in [-0.05, 0) is 125 Å². The van der Waals surface area contributed by atoms with Gasteiger partial charge in [-0.3, -0.25) is 97.7 Å². The number of guanidine groups is 3. The molecule has 0 fully saturated rings. The number of amides is 16. The molecule has 0 aliphatic rings. The molecule has 2 aromatic carbocycles. The molecular weight excluding hydrogens is 1600 g/mol. The maximum Gasteiger partial charge on any atom is 0.303 e. The Bertz CT molecular complexity index is 4080. The van der Waals surface area contributed by atoms with E-state index in [0.29, 0.717) is 28.5 Å². The second-order valence-electron chi connectivity index (χ2n) is 28.9. The van der Waals surface area contributed by atoms with Crippen molar-refractivity contribution in [1.29, 1.82) is 16.2 Å². The van der Waals surface area contributed by atoms with Crippen LogP contribution in [0.15, 0.2) is 60.8 Å². The zero-order valence-electron chi connectivity index (χ0n) is 68.2. The van der Waals surface area contributed by atoms with Gasteiger partial charge in [-0.15, -0.1) is 0 Å². The number of thioether (sulfide) groups is 1. The molecule has 1 heterocycles. The summed E-state index contributed by atoms with van der Waals surface area (Å²) in [5.41, 5.74) is 46.3. The first-order valence-corrected chi connectivity index (χ1v) is 40.6. The number of carbonyl (C=O) groups is 17. The highest BCUT2D eigenvalue weighted by Crippen LogP contribution is 2.21. The van der Waals surface area contributed by atoms with E-state index in [2.05, 4.69) is 84.7 Å². The van der Waals surface area contributed by atoms with Crippen molar-refractivity contribution in [2.24, 2.45) is 51.8 Å². The lowest BCUT2D eigenvalue weighted by Crippen LogP contribution is -2.61. The fraction of sp³-hybridized carbons (Fsp3) is 0.547. The molecule has 36 N–H and O–H groups in total. The standard InChI is InChI=1S/C75H119N27O18S/c1-39(2)60(72(120)99-49(22-14-33-89-75(85)86)62(110)92-45(61(80)109)25-28-59(107)108)102-68(116)46(19-10-11-30-76)93-63(111)47(20-12-31-87-73(81)82)95-67(115)52(29-34-121-4)98-71(119)55(37-58(79)106)101-64(112)48(21-13-32-88-74(83)84)94-65(113)50(23-26-56(77)104)97-70(118)54(36-42-38-90-44-18-9-8-17-43(42)44)100-66(114)51(24-27-57(78)105)96-69(117)53(91-40(3)103)35-41-15-6-5-7-16-41/h5-9,15-18,38-39,45-55,60,90H,10-14,19-37,76H2,1-4H3,(H2,77,104)(H2,78,105)(H2,79,106)(H2,80,109)(H,91,103)(H,92,110)(H,93,111)(H,94,113)(H,95,115)(H,96,117)(H,97,118)(H,98,119)(H,99,120)(H,100,114)(H,101,112)(H,102,116)(H,107,108)(H4,81,82,87)(H4,83,84,88)(H4,85,86,89)/t45-,46?,47-,48?,49?,50-,51-,52?,53?,54?,55-,60-/m0/s1. The van der Waals surface area contributed by atoms with Crippen molar-refractivity contribution in [3.8, 4) is 0 Å². The second kappa shape index (κ2) is 54.2. The topological polar surface area (TPSA) is 786 Å². The fourth-order valence-electron chi connectivity index (χ4n) is 12.3. The van der Waals surface area contributed by atoms with Crippen molar-refractivity contribution in [1.82, 2.24) is 84.7 Å². The molecule has 45 nitrogen and oxygen atoms in total. The number of H-pyrrole nitrogens is 1. The van der Waals surface area contributed by atoms with Crippen molar-refractivity contribution in [3.63, 3.8) is 0 Å². The van der Waals surface area contributed by atoms with E-state index in [1.165, 1.54) is 18.7 Å². The van der Waals surface area contributed by atoms with Gasteiger partial charge in [0.1, 0.15) is 72.5 Å². The molecule has 0 aliphatic carbocycles. The van der Waals surface area contributed by atoms with Crippen LogP contribution in [0.25, 0.3) is 10.9 Å². The first kappa shape index (κ1) is 102. The number of carbonyl (C=O) groups excluding carboxylic acids is 16. The minimum atomic E-state index is -1.95. The fourth-order valence-corrected chi connectivity index (χ4v) is 12.7. The Hall–Kier alpha value is -12.9. The van der Waals surface area contributed by atoms with Crippen molar-refractivity contribution in [2.45, 2.75) is 215 Å². The number of aliphatic carboxylic acids is 1. The Balaban J connectivity index is 2.07. The molecule has 0 saturated heterocycles. The molecule has 0 aliphatic heterocycles. The van der Waals surface area contributed by atoms with E-state index >= 15 is 0 Å². The van der Waals surface area contributed by atoms with E-state index in [-0.39, 0.29) is 103 Å². The van der Waals surface area contributed by atoms with Gasteiger partial charge in [0.05, 0.1) is 6.42 Å². The van der Waals surface area contributed by atoms with Crippen LogP contribution in [0, 0.1) is 22.1 Å². The largest absolute Gasteiger partial charge is 0.481 e. The summed E-state index contributed by atoms with van der Waals surface area (Å²) in [5.74, 6) is -19.2. The zero-order valence-corrected chi connectivity index (χ0v) is 69.0. The average Bonchev–Trinajstić information content (AvgIpc) is 1.69. The first-order valence-electron chi connectivity index (χ1n) is 39.2. The number of carboxylic acid groups (broad SMARTS) is 1. The van der Waals surface area contributed by atoms with Crippen molar-refractivity contribution < 1.29 is 86.6 Å². The van der Waals surface area contributed by atoms with Crippen LogP contribution in [0.5, 0.6) is 0 Å². The van der Waals surface area contributed by atoms with Crippen LogP contribution in [0.4, 0.5) is 0 Å². The SMILES string of the molecule is CSCCC(NC(=O)[C@H](CC(N)=O)NC(=O)C(CCCNC(=N)N)NC(=O)[C@H](CCC(N)=O)NC(=O)C(Cc1c[nH]c2ccccc12)NC(=O)[C@H](CCC(N)=O)NC(=O)C(Cc1ccccc1)NC(C)=O)C(=O)N[C@@H](CCCNC(=N)N)C(=O)NC(CCCCN)C(=O)N[C@H](C(=O)NC(CCCNC(=N)N)C(=O)N[C@@H](CCC(=O)O)C(N)=O)C(C)C. The maximum atomic E-state index is 15.0. The van der Waals surface area contributed by atoms with Gasteiger partial charge in [0, 0.05) is 75.8 Å². The molecule has 0 saturated carbocycles. The van der Waals surface area contributed by atoms with Crippen LogP contribution in [0.1, 0.15) is 141 Å². The van der Waals surface area contributed by atoms with Gasteiger partial charge in [0.25, 0.3) is 0 Å². The number of unbranched alkanes of at least 4 members (excludes halogenated alkanes) is 1. The third-order valence-corrected chi connectivity index (χ3v) is 19.2. The van der Waals surface area contributed by atoms with E-state index in [4.69, 9.17) is 62.1 Å². The monoisotopic (exact) mass is 1720 g/mol. The Morgan fingerprint density at radius 3 is 1.17 bits per heavy atom. The number of aromatic nitrogens is 1. The predicted molar refractivity (Wildman–Crippen MR) is 446 cm³/mol. The van der Waals surface area contributed by atoms with Gasteiger partial charge < -0.3 is 136 Å². The van der Waals surface area contributed by atoms with Gasteiger partial charge in [0.2, 0.25) is 94.5 Å². The molecule has 121 heavy (non-hydrogen) atoms. The molecule has 46 heteroatoms. The number of fused-ring (bicyclic) bond motifs is 1. The normalized spacial score (nSPS) is 13.9. The molecule has 3 aromatic rings. The van der Waals surface area contributed by atoms with E-state index in [9.17, 15) is 86.6 Å². The Labute approximate surface area is 702 Å². The van der Waals surface area contributed by atoms with Crippen molar-refractivity contribution in [2.75, 3.05) is 38.2 Å². The maximum absolute atomic E-state index is 15.0. The third kappa shape index (κ3) is 39.9. The highest BCUT2D eigenvalue weighted by molar-refractivity contribution is 7.98. The minimum absolute atomic E-state index is 0.0144. The number of para-hydroxylation sites is 1. The molecule has 668 valence electrons. The number of primary amides is 4.